The Bertz CT molecular complexity index is 118. The summed E-state index contributed by atoms with van der Waals surface area (Å²) in [6.07, 6.45) is 0.284. The maximum atomic E-state index is 10.1. The Balaban J connectivity index is 3.06. The molecule has 0 aliphatic heterocycles. The van der Waals surface area contributed by atoms with E-state index in [9.17, 15) is 14.9 Å². The summed E-state index contributed by atoms with van der Waals surface area (Å²) in [4.78, 5) is 19.4. The highest BCUT2D eigenvalue weighted by Crippen LogP contribution is 1.83. The Kier molecular flexibility index (Phi) is 4.19. The van der Waals surface area contributed by atoms with Crippen LogP contribution in [-0.2, 0) is 9.53 Å². The minimum atomic E-state index is -0.441. The van der Waals surface area contributed by atoms with Gasteiger partial charge in [-0.1, -0.05) is 0 Å². The summed E-state index contributed by atoms with van der Waals surface area (Å²) < 4.78 is 4.45. The fourth-order valence-corrected chi connectivity index (χ4v) is 0.410. The lowest BCUT2D eigenvalue weighted by molar-refractivity contribution is -0.480. The third kappa shape index (κ3) is 6.87. The van der Waals surface area contributed by atoms with Crippen LogP contribution in [0.4, 0.5) is 0 Å². The van der Waals surface area contributed by atoms with Crippen molar-refractivity contribution in [2.45, 2.75) is 13.3 Å². The van der Waals surface area contributed by atoms with E-state index in [0.29, 0.717) is 0 Å². The molecule has 10 heavy (non-hydrogen) atoms. The molecule has 0 bridgehead atoms. The number of carbonyl (C=O) groups excluding carboxylic acids is 1. The van der Waals surface area contributed by atoms with Gasteiger partial charge >= 0.3 is 5.97 Å². The quantitative estimate of drug-likeness (QED) is 0.247. The van der Waals surface area contributed by atoms with E-state index in [-0.39, 0.29) is 19.6 Å². The summed E-state index contributed by atoms with van der Waals surface area (Å²) in [6, 6.07) is 0. The van der Waals surface area contributed by atoms with Crippen LogP contribution in [0.5, 0.6) is 0 Å². The molecule has 0 unspecified atom stereocenters. The van der Waals surface area contributed by atoms with Gasteiger partial charge in [0.2, 0.25) is 6.54 Å². The maximum absolute atomic E-state index is 10.1. The number of rotatable bonds is 4. The van der Waals surface area contributed by atoms with Crippen LogP contribution >= 0.6 is 0 Å². The third-order valence-corrected chi connectivity index (χ3v) is 0.790. The van der Waals surface area contributed by atoms with Gasteiger partial charge in [0.1, 0.15) is 0 Å². The Hall–Kier alpha value is -1.13. The van der Waals surface area contributed by atoms with E-state index in [2.05, 4.69) is 4.74 Å². The summed E-state index contributed by atoms with van der Waals surface area (Å²) in [6.45, 7) is 1.26. The molecule has 0 heterocycles. The van der Waals surface area contributed by atoms with Crippen molar-refractivity contribution in [3.05, 3.63) is 10.1 Å². The lowest BCUT2D eigenvalue weighted by Crippen LogP contribution is -2.07. The molecule has 0 rings (SSSR count). The average Bonchev–Trinajstić information content (AvgIpc) is 1.79. The number of nitrogens with zero attached hydrogens (tertiary/aromatic N) is 1. The first-order valence-electron chi connectivity index (χ1n) is 2.88. The van der Waals surface area contributed by atoms with Crippen molar-refractivity contribution in [1.29, 1.82) is 0 Å². The molecule has 0 radical (unpaired) electrons. The second kappa shape index (κ2) is 4.72. The van der Waals surface area contributed by atoms with Crippen LogP contribution in [0.2, 0.25) is 0 Å². The third-order valence-electron chi connectivity index (χ3n) is 0.790. The lowest BCUT2D eigenvalue weighted by atomic mass is 10.5. The average molecular weight is 147 g/mol. The molecule has 0 saturated carbocycles. The summed E-state index contributed by atoms with van der Waals surface area (Å²) in [7, 11) is 0. The molecule has 0 spiro atoms. The first-order valence-corrected chi connectivity index (χ1v) is 2.88. The number of esters is 1. The van der Waals surface area contributed by atoms with Crippen molar-refractivity contribution in [3.8, 4) is 0 Å². The van der Waals surface area contributed by atoms with Crippen LogP contribution in [0.1, 0.15) is 13.3 Å². The summed E-state index contributed by atoms with van der Waals surface area (Å²) >= 11 is 0. The predicted octanol–water partition coefficient (Wildman–Crippen LogP) is 0.216. The van der Waals surface area contributed by atoms with Gasteiger partial charge in [-0.15, -0.1) is 0 Å². The van der Waals surface area contributed by atoms with Crippen molar-refractivity contribution < 1.29 is 14.5 Å². The van der Waals surface area contributed by atoms with Gasteiger partial charge in [0.25, 0.3) is 0 Å². The van der Waals surface area contributed by atoms with Crippen LogP contribution in [0, 0.1) is 10.1 Å². The van der Waals surface area contributed by atoms with Crippen LogP contribution in [-0.4, -0.2) is 24.0 Å². The normalized spacial score (nSPS) is 8.90. The Morgan fingerprint density at radius 2 is 2.30 bits per heavy atom. The first-order chi connectivity index (χ1) is 4.63. The Labute approximate surface area is 58.1 Å². The van der Waals surface area contributed by atoms with Gasteiger partial charge in [0, 0.05) is 18.3 Å². The highest BCUT2D eigenvalue weighted by atomic mass is 16.6. The number of carbonyl (C=O) groups is 1. The largest absolute Gasteiger partial charge is 0.466 e. The van der Waals surface area contributed by atoms with E-state index >= 15 is 0 Å². The van der Waals surface area contributed by atoms with Crippen molar-refractivity contribution in [2.75, 3.05) is 13.2 Å². The smallest absolute Gasteiger partial charge is 0.302 e. The second-order valence-electron chi connectivity index (χ2n) is 1.75. The molecule has 0 amide bonds. The van der Waals surface area contributed by atoms with Gasteiger partial charge in [-0.05, 0) is 0 Å². The Morgan fingerprint density at radius 3 is 2.70 bits per heavy atom. The van der Waals surface area contributed by atoms with Gasteiger partial charge < -0.3 is 4.74 Å². The number of nitro groups is 1. The lowest BCUT2D eigenvalue weighted by Gasteiger charge is -1.96. The minimum Gasteiger partial charge on any atom is -0.466 e. The predicted molar refractivity (Wildman–Crippen MR) is 33.1 cm³/mol. The van der Waals surface area contributed by atoms with E-state index in [1.54, 1.807) is 0 Å². The number of ether oxygens (including phenoxy) is 1. The van der Waals surface area contributed by atoms with Crippen LogP contribution in [0.3, 0.4) is 0 Å². The zero-order valence-corrected chi connectivity index (χ0v) is 5.70. The zero-order chi connectivity index (χ0) is 7.98. The van der Waals surface area contributed by atoms with Gasteiger partial charge in [0.05, 0.1) is 6.61 Å². The van der Waals surface area contributed by atoms with Crippen LogP contribution in [0.25, 0.3) is 0 Å². The van der Waals surface area contributed by atoms with Gasteiger partial charge in [-0.3, -0.25) is 14.9 Å². The standard InChI is InChI=1S/C5H9NO4/c1-5(7)10-4-2-3-6(8)9/h2-4H2,1H3. The fourth-order valence-electron chi connectivity index (χ4n) is 0.410. The van der Waals surface area contributed by atoms with E-state index in [1.807, 2.05) is 0 Å². The molecule has 0 aliphatic rings. The van der Waals surface area contributed by atoms with E-state index in [4.69, 9.17) is 0 Å². The molecule has 5 nitrogen and oxygen atoms in total. The molecule has 58 valence electrons. The van der Waals surface area contributed by atoms with Crippen LogP contribution < -0.4 is 0 Å². The molecule has 0 aromatic heterocycles. The number of hydrogen-bond donors (Lipinski definition) is 0. The minimum absolute atomic E-state index is 0.135. The van der Waals surface area contributed by atoms with E-state index in [0.717, 1.165) is 0 Å². The van der Waals surface area contributed by atoms with E-state index in [1.165, 1.54) is 6.92 Å². The van der Waals surface area contributed by atoms with Gasteiger partial charge in [-0.2, -0.15) is 0 Å². The highest BCUT2D eigenvalue weighted by molar-refractivity contribution is 5.65. The molecule has 0 aliphatic carbocycles. The molecular weight excluding hydrogens is 138 g/mol. The van der Waals surface area contributed by atoms with Gasteiger partial charge in [-0.25, -0.2) is 0 Å². The SMILES string of the molecule is CC(=O)OCCC[N+](=O)[O-]. The number of hydrogen-bond acceptors (Lipinski definition) is 4. The van der Waals surface area contributed by atoms with Crippen molar-refractivity contribution in [3.63, 3.8) is 0 Å². The molecule has 0 saturated heterocycles. The summed E-state index contributed by atoms with van der Waals surface area (Å²) in [5, 5.41) is 9.71. The molecular formula is C5H9NO4. The first kappa shape index (κ1) is 8.87. The van der Waals surface area contributed by atoms with E-state index < -0.39 is 10.9 Å². The molecule has 0 fully saturated rings. The Morgan fingerprint density at radius 1 is 1.70 bits per heavy atom. The summed E-state index contributed by atoms with van der Waals surface area (Å²) in [5.41, 5.74) is 0. The molecule has 5 heteroatoms. The second-order valence-corrected chi connectivity index (χ2v) is 1.75. The van der Waals surface area contributed by atoms with Crippen molar-refractivity contribution in [1.82, 2.24) is 0 Å². The highest BCUT2D eigenvalue weighted by Gasteiger charge is 1.97. The molecule has 0 aromatic rings. The van der Waals surface area contributed by atoms with Crippen molar-refractivity contribution in [2.24, 2.45) is 0 Å². The topological polar surface area (TPSA) is 69.4 Å². The molecule has 0 aromatic carbocycles. The van der Waals surface area contributed by atoms with Crippen LogP contribution in [0.15, 0.2) is 0 Å². The fraction of sp³-hybridized carbons (Fsp3) is 0.800. The zero-order valence-electron chi connectivity index (χ0n) is 5.70. The molecule has 0 atom stereocenters. The van der Waals surface area contributed by atoms with Crippen molar-refractivity contribution >= 4 is 5.97 Å². The summed E-state index contributed by atoms with van der Waals surface area (Å²) in [5.74, 6) is -0.400. The van der Waals surface area contributed by atoms with Gasteiger partial charge in [0.15, 0.2) is 0 Å². The monoisotopic (exact) mass is 147 g/mol. The molecule has 0 N–H and O–H groups in total. The maximum Gasteiger partial charge on any atom is 0.302 e.